The van der Waals surface area contributed by atoms with Crippen LogP contribution < -0.4 is 10.6 Å². The molecule has 1 aromatic carbocycles. The van der Waals surface area contributed by atoms with Gasteiger partial charge in [0.15, 0.2) is 0 Å². The quantitative estimate of drug-likeness (QED) is 0.810. The zero-order chi connectivity index (χ0) is 14.5. The van der Waals surface area contributed by atoms with Gasteiger partial charge < -0.3 is 10.4 Å². The van der Waals surface area contributed by atoms with Crippen LogP contribution in [0.5, 0.6) is 0 Å². The maximum absolute atomic E-state index is 12.0. The first-order chi connectivity index (χ1) is 9.54. The third-order valence-electron chi connectivity index (χ3n) is 2.34. The van der Waals surface area contributed by atoms with Crippen molar-refractivity contribution in [1.82, 2.24) is 4.98 Å². The monoisotopic (exact) mass is 291 g/mol. The fraction of sp³-hybridized carbons (Fsp3) is 0. The highest BCUT2D eigenvalue weighted by molar-refractivity contribution is 6.31. The van der Waals surface area contributed by atoms with E-state index in [1.807, 2.05) is 0 Å². The molecule has 0 radical (unpaired) electrons. The summed E-state index contributed by atoms with van der Waals surface area (Å²) in [5.74, 6) is -0.145. The van der Waals surface area contributed by atoms with Crippen molar-refractivity contribution in [2.24, 2.45) is 0 Å². The van der Waals surface area contributed by atoms with Crippen LogP contribution in [0.2, 0.25) is 5.02 Å². The van der Waals surface area contributed by atoms with Gasteiger partial charge in [-0.1, -0.05) is 17.7 Å². The fourth-order valence-corrected chi connectivity index (χ4v) is 1.71. The molecule has 0 saturated heterocycles. The maximum atomic E-state index is 12.0. The molecule has 20 heavy (non-hydrogen) atoms. The van der Waals surface area contributed by atoms with Crippen molar-refractivity contribution in [2.75, 3.05) is 10.6 Å². The lowest BCUT2D eigenvalue weighted by molar-refractivity contribution is 0.102. The second-order valence-electron chi connectivity index (χ2n) is 3.82. The molecular formula is C13H10ClN3O3. The molecule has 0 bridgehead atoms. The van der Waals surface area contributed by atoms with Crippen molar-refractivity contribution < 1.29 is 14.7 Å². The Balaban J connectivity index is 2.13. The van der Waals surface area contributed by atoms with Gasteiger partial charge in [0.05, 0.1) is 0 Å². The van der Waals surface area contributed by atoms with Gasteiger partial charge in [0, 0.05) is 28.5 Å². The normalized spacial score (nSPS) is 9.85. The average Bonchev–Trinajstić information content (AvgIpc) is 2.38. The summed E-state index contributed by atoms with van der Waals surface area (Å²) in [5.41, 5.74) is 0.699. The van der Waals surface area contributed by atoms with E-state index in [1.54, 1.807) is 18.2 Å². The van der Waals surface area contributed by atoms with Crippen molar-refractivity contribution in [3.05, 3.63) is 53.2 Å². The predicted octanol–water partition coefficient (Wildman–Crippen LogP) is 3.08. The standard InChI is InChI=1S/C13H10ClN3O3/c14-9-3-1-2-8(6-9)12(18)17-11-7-10(4-5-15-11)16-13(19)20/h1-7H,(H,19,20)(H2,15,16,17,18). The Hall–Kier alpha value is -2.60. The Kier molecular flexibility index (Phi) is 4.17. The Morgan fingerprint density at radius 3 is 2.65 bits per heavy atom. The summed E-state index contributed by atoms with van der Waals surface area (Å²) in [4.78, 5) is 26.4. The van der Waals surface area contributed by atoms with Gasteiger partial charge in [0.1, 0.15) is 5.82 Å². The Bertz CT molecular complexity index is 661. The number of carbonyl (C=O) groups is 2. The van der Waals surface area contributed by atoms with Crippen LogP contribution in [0.3, 0.4) is 0 Å². The van der Waals surface area contributed by atoms with Crippen LogP contribution in [0.4, 0.5) is 16.3 Å². The van der Waals surface area contributed by atoms with E-state index in [-0.39, 0.29) is 11.7 Å². The molecule has 6 nitrogen and oxygen atoms in total. The van der Waals surface area contributed by atoms with Crippen LogP contribution in [-0.2, 0) is 0 Å². The smallest absolute Gasteiger partial charge is 0.409 e. The molecular weight excluding hydrogens is 282 g/mol. The Labute approximate surface area is 119 Å². The lowest BCUT2D eigenvalue weighted by Gasteiger charge is -2.06. The molecule has 0 aliphatic rings. The zero-order valence-electron chi connectivity index (χ0n) is 10.1. The number of nitrogens with zero attached hydrogens (tertiary/aromatic N) is 1. The number of hydrogen-bond acceptors (Lipinski definition) is 3. The molecule has 2 amide bonds. The SMILES string of the molecule is O=C(O)Nc1ccnc(NC(=O)c2cccc(Cl)c2)c1. The van der Waals surface area contributed by atoms with Crippen LogP contribution >= 0.6 is 11.6 Å². The first-order valence-electron chi connectivity index (χ1n) is 5.57. The second kappa shape index (κ2) is 6.03. The number of anilines is 2. The number of carboxylic acid groups (broad SMARTS) is 1. The number of aromatic nitrogens is 1. The molecule has 0 aliphatic carbocycles. The first kappa shape index (κ1) is 13.8. The third-order valence-corrected chi connectivity index (χ3v) is 2.57. The minimum absolute atomic E-state index is 0.237. The van der Waals surface area contributed by atoms with Gasteiger partial charge in [-0.25, -0.2) is 9.78 Å². The molecule has 0 spiro atoms. The van der Waals surface area contributed by atoms with Crippen molar-refractivity contribution in [1.29, 1.82) is 0 Å². The highest BCUT2D eigenvalue weighted by Crippen LogP contribution is 2.15. The van der Waals surface area contributed by atoms with Crippen LogP contribution in [0.1, 0.15) is 10.4 Å². The third kappa shape index (κ3) is 3.69. The molecule has 102 valence electrons. The van der Waals surface area contributed by atoms with E-state index in [4.69, 9.17) is 16.7 Å². The fourth-order valence-electron chi connectivity index (χ4n) is 1.52. The second-order valence-corrected chi connectivity index (χ2v) is 4.26. The Morgan fingerprint density at radius 1 is 1.15 bits per heavy atom. The Morgan fingerprint density at radius 2 is 1.95 bits per heavy atom. The van der Waals surface area contributed by atoms with Crippen LogP contribution in [0, 0.1) is 0 Å². The number of nitrogens with one attached hydrogen (secondary N) is 2. The number of hydrogen-bond donors (Lipinski definition) is 3. The number of pyridine rings is 1. The number of halogens is 1. The molecule has 0 unspecified atom stereocenters. The van der Waals surface area contributed by atoms with Crippen molar-refractivity contribution in [2.45, 2.75) is 0 Å². The lowest BCUT2D eigenvalue weighted by Crippen LogP contribution is -2.13. The lowest BCUT2D eigenvalue weighted by atomic mass is 10.2. The van der Waals surface area contributed by atoms with E-state index in [1.165, 1.54) is 24.4 Å². The molecule has 1 heterocycles. The summed E-state index contributed by atoms with van der Waals surface area (Å²) in [6.07, 6.45) is 0.196. The summed E-state index contributed by atoms with van der Waals surface area (Å²) in [7, 11) is 0. The first-order valence-corrected chi connectivity index (χ1v) is 5.95. The molecule has 0 atom stereocenters. The highest BCUT2D eigenvalue weighted by Gasteiger charge is 2.08. The van der Waals surface area contributed by atoms with E-state index < -0.39 is 6.09 Å². The van der Waals surface area contributed by atoms with E-state index in [9.17, 15) is 9.59 Å². The van der Waals surface area contributed by atoms with Gasteiger partial charge in [-0.05, 0) is 24.3 Å². The van der Waals surface area contributed by atoms with Crippen molar-refractivity contribution >= 4 is 35.1 Å². The summed E-state index contributed by atoms with van der Waals surface area (Å²) >= 11 is 5.80. The summed E-state index contributed by atoms with van der Waals surface area (Å²) in [6, 6.07) is 9.34. The van der Waals surface area contributed by atoms with E-state index in [0.717, 1.165) is 0 Å². The highest BCUT2D eigenvalue weighted by atomic mass is 35.5. The van der Waals surface area contributed by atoms with Crippen LogP contribution in [-0.4, -0.2) is 22.1 Å². The number of benzene rings is 1. The molecule has 1 aromatic heterocycles. The molecule has 0 saturated carbocycles. The molecule has 3 N–H and O–H groups in total. The minimum atomic E-state index is -1.19. The van der Waals surface area contributed by atoms with Gasteiger partial charge in [0.2, 0.25) is 0 Å². The van der Waals surface area contributed by atoms with Crippen molar-refractivity contribution in [3.63, 3.8) is 0 Å². The largest absolute Gasteiger partial charge is 0.465 e. The molecule has 0 fully saturated rings. The van der Waals surface area contributed by atoms with Gasteiger partial charge in [-0.2, -0.15) is 0 Å². The molecule has 2 rings (SSSR count). The number of rotatable bonds is 3. The summed E-state index contributed by atoms with van der Waals surface area (Å²) in [6.45, 7) is 0. The van der Waals surface area contributed by atoms with E-state index in [0.29, 0.717) is 16.3 Å². The number of amides is 2. The maximum Gasteiger partial charge on any atom is 0.409 e. The topological polar surface area (TPSA) is 91.3 Å². The zero-order valence-corrected chi connectivity index (χ0v) is 10.9. The van der Waals surface area contributed by atoms with E-state index >= 15 is 0 Å². The van der Waals surface area contributed by atoms with E-state index in [2.05, 4.69) is 15.6 Å². The van der Waals surface area contributed by atoms with Gasteiger partial charge in [0.25, 0.3) is 5.91 Å². The summed E-state index contributed by atoms with van der Waals surface area (Å²) in [5, 5.41) is 13.8. The van der Waals surface area contributed by atoms with Gasteiger partial charge in [-0.3, -0.25) is 10.1 Å². The van der Waals surface area contributed by atoms with Crippen molar-refractivity contribution in [3.8, 4) is 0 Å². The van der Waals surface area contributed by atoms with Gasteiger partial charge in [-0.15, -0.1) is 0 Å². The van der Waals surface area contributed by atoms with Crippen LogP contribution in [0.15, 0.2) is 42.6 Å². The van der Waals surface area contributed by atoms with Crippen LogP contribution in [0.25, 0.3) is 0 Å². The molecule has 2 aromatic rings. The van der Waals surface area contributed by atoms with Gasteiger partial charge >= 0.3 is 6.09 Å². The number of carbonyl (C=O) groups excluding carboxylic acids is 1. The minimum Gasteiger partial charge on any atom is -0.465 e. The molecule has 0 aliphatic heterocycles. The molecule has 7 heteroatoms. The average molecular weight is 292 g/mol. The predicted molar refractivity (Wildman–Crippen MR) is 75.3 cm³/mol. The summed E-state index contributed by atoms with van der Waals surface area (Å²) < 4.78 is 0.